The van der Waals surface area contributed by atoms with Crippen LogP contribution in [0.1, 0.15) is 18.4 Å². The summed E-state index contributed by atoms with van der Waals surface area (Å²) in [5, 5.41) is 1.22. The molecule has 14 heavy (non-hydrogen) atoms. The van der Waals surface area contributed by atoms with Gasteiger partial charge in [0.1, 0.15) is 0 Å². The van der Waals surface area contributed by atoms with Gasteiger partial charge in [0, 0.05) is 11.6 Å². The average Bonchev–Trinajstić information content (AvgIpc) is 2.27. The Morgan fingerprint density at radius 2 is 2.14 bits per heavy atom. The average molecular weight is 186 g/mol. The molecule has 1 atom stereocenters. The van der Waals surface area contributed by atoms with Crippen molar-refractivity contribution in [3.8, 4) is 0 Å². The van der Waals surface area contributed by atoms with E-state index < -0.39 is 0 Å². The normalized spacial score (nSPS) is 13.0. The maximum absolute atomic E-state index is 5.67. The van der Waals surface area contributed by atoms with Crippen LogP contribution in [0.3, 0.4) is 0 Å². The molecule has 2 rings (SSSR count). The Kier molecular flexibility index (Phi) is 2.46. The summed E-state index contributed by atoms with van der Waals surface area (Å²) in [7, 11) is 0. The summed E-state index contributed by atoms with van der Waals surface area (Å²) in [5.41, 5.74) is 8.01. The predicted molar refractivity (Wildman–Crippen MR) is 59.2 cm³/mol. The third kappa shape index (κ3) is 1.49. The van der Waals surface area contributed by atoms with Crippen molar-refractivity contribution < 1.29 is 0 Å². The van der Waals surface area contributed by atoms with E-state index in [2.05, 4.69) is 24.0 Å². The molecular formula is C12H14N2. The van der Waals surface area contributed by atoms with E-state index in [0.717, 1.165) is 5.52 Å². The minimum atomic E-state index is 0.392. The fraction of sp³-hybridized carbons (Fsp3) is 0.250. The van der Waals surface area contributed by atoms with Crippen LogP contribution in [0.15, 0.2) is 36.5 Å². The number of pyridine rings is 1. The minimum Gasteiger partial charge on any atom is -0.330 e. The largest absolute Gasteiger partial charge is 0.330 e. The van der Waals surface area contributed by atoms with Crippen molar-refractivity contribution in [2.75, 3.05) is 6.54 Å². The SMILES string of the molecule is C[C@H](CN)c1cccc2ncccc12. The van der Waals surface area contributed by atoms with Gasteiger partial charge in [-0.3, -0.25) is 4.98 Å². The maximum atomic E-state index is 5.67. The molecule has 2 N–H and O–H groups in total. The summed E-state index contributed by atoms with van der Waals surface area (Å²) < 4.78 is 0. The van der Waals surface area contributed by atoms with Crippen molar-refractivity contribution in [1.29, 1.82) is 0 Å². The monoisotopic (exact) mass is 186 g/mol. The quantitative estimate of drug-likeness (QED) is 0.781. The summed E-state index contributed by atoms with van der Waals surface area (Å²) in [6.07, 6.45) is 1.82. The number of hydrogen-bond donors (Lipinski definition) is 1. The Bertz CT molecular complexity index is 432. The first-order valence-electron chi connectivity index (χ1n) is 4.86. The molecule has 0 saturated carbocycles. The van der Waals surface area contributed by atoms with Crippen molar-refractivity contribution in [2.45, 2.75) is 12.8 Å². The van der Waals surface area contributed by atoms with Crippen LogP contribution in [-0.2, 0) is 0 Å². The van der Waals surface area contributed by atoms with Crippen LogP contribution < -0.4 is 5.73 Å². The van der Waals surface area contributed by atoms with Gasteiger partial charge in [-0.25, -0.2) is 0 Å². The van der Waals surface area contributed by atoms with Gasteiger partial charge in [-0.05, 0) is 30.2 Å². The molecule has 0 aliphatic rings. The van der Waals surface area contributed by atoms with Crippen LogP contribution in [0.4, 0.5) is 0 Å². The molecular weight excluding hydrogens is 172 g/mol. The molecule has 0 amide bonds. The molecule has 2 aromatic rings. The van der Waals surface area contributed by atoms with Crippen molar-refractivity contribution >= 4 is 10.9 Å². The third-order valence-electron chi connectivity index (χ3n) is 2.56. The number of nitrogens with zero attached hydrogens (tertiary/aromatic N) is 1. The second kappa shape index (κ2) is 3.76. The van der Waals surface area contributed by atoms with Crippen LogP contribution in [0, 0.1) is 0 Å². The highest BCUT2D eigenvalue weighted by atomic mass is 14.6. The first-order chi connectivity index (χ1) is 6.83. The van der Waals surface area contributed by atoms with Gasteiger partial charge in [-0.15, -0.1) is 0 Å². The van der Waals surface area contributed by atoms with Gasteiger partial charge in [0.05, 0.1) is 5.52 Å². The Balaban J connectivity index is 2.65. The number of hydrogen-bond acceptors (Lipinski definition) is 2. The van der Waals surface area contributed by atoms with E-state index in [0.29, 0.717) is 12.5 Å². The van der Waals surface area contributed by atoms with Crippen LogP contribution in [0.5, 0.6) is 0 Å². The van der Waals surface area contributed by atoms with E-state index in [4.69, 9.17) is 5.73 Å². The number of nitrogens with two attached hydrogens (primary N) is 1. The Morgan fingerprint density at radius 3 is 2.93 bits per heavy atom. The lowest BCUT2D eigenvalue weighted by atomic mass is 9.97. The van der Waals surface area contributed by atoms with Crippen molar-refractivity contribution in [1.82, 2.24) is 4.98 Å². The maximum Gasteiger partial charge on any atom is 0.0704 e. The molecule has 0 bridgehead atoms. The van der Waals surface area contributed by atoms with Crippen molar-refractivity contribution in [3.05, 3.63) is 42.1 Å². The third-order valence-corrected chi connectivity index (χ3v) is 2.56. The van der Waals surface area contributed by atoms with Crippen LogP contribution in [0.2, 0.25) is 0 Å². The van der Waals surface area contributed by atoms with E-state index in [9.17, 15) is 0 Å². The number of fused-ring (bicyclic) bond motifs is 1. The van der Waals surface area contributed by atoms with E-state index in [1.807, 2.05) is 24.4 Å². The highest BCUT2D eigenvalue weighted by Gasteiger charge is 2.06. The molecule has 0 fully saturated rings. The topological polar surface area (TPSA) is 38.9 Å². The molecule has 0 spiro atoms. The number of aromatic nitrogens is 1. The molecule has 72 valence electrons. The molecule has 0 saturated heterocycles. The van der Waals surface area contributed by atoms with E-state index in [1.54, 1.807) is 0 Å². The zero-order chi connectivity index (χ0) is 9.97. The van der Waals surface area contributed by atoms with Gasteiger partial charge in [-0.1, -0.05) is 25.1 Å². The Hall–Kier alpha value is -1.41. The number of rotatable bonds is 2. The Morgan fingerprint density at radius 1 is 1.29 bits per heavy atom. The molecule has 2 heteroatoms. The van der Waals surface area contributed by atoms with E-state index in [1.165, 1.54) is 10.9 Å². The van der Waals surface area contributed by atoms with Gasteiger partial charge in [0.2, 0.25) is 0 Å². The summed E-state index contributed by atoms with van der Waals surface area (Å²) >= 11 is 0. The lowest BCUT2D eigenvalue weighted by Gasteiger charge is -2.11. The zero-order valence-corrected chi connectivity index (χ0v) is 8.27. The lowest BCUT2D eigenvalue weighted by Crippen LogP contribution is -2.09. The molecule has 0 unspecified atom stereocenters. The van der Waals surface area contributed by atoms with Crippen LogP contribution in [0.25, 0.3) is 10.9 Å². The molecule has 0 aliphatic carbocycles. The molecule has 1 aromatic heterocycles. The number of benzene rings is 1. The molecule has 1 heterocycles. The smallest absolute Gasteiger partial charge is 0.0704 e. The van der Waals surface area contributed by atoms with E-state index in [-0.39, 0.29) is 0 Å². The molecule has 0 radical (unpaired) electrons. The van der Waals surface area contributed by atoms with Gasteiger partial charge < -0.3 is 5.73 Å². The first kappa shape index (κ1) is 9.16. The zero-order valence-electron chi connectivity index (χ0n) is 8.27. The standard InChI is InChI=1S/C12H14N2/c1-9(8-13)10-4-2-6-12-11(10)5-3-7-14-12/h2-7,9H,8,13H2,1H3/t9-/m1/s1. The fourth-order valence-electron chi connectivity index (χ4n) is 1.68. The second-order valence-electron chi connectivity index (χ2n) is 3.55. The first-order valence-corrected chi connectivity index (χ1v) is 4.86. The summed E-state index contributed by atoms with van der Waals surface area (Å²) in [5.74, 6) is 0.392. The highest BCUT2D eigenvalue weighted by molar-refractivity contribution is 5.82. The van der Waals surface area contributed by atoms with Gasteiger partial charge in [-0.2, -0.15) is 0 Å². The summed E-state index contributed by atoms with van der Waals surface area (Å²) in [4.78, 5) is 4.32. The van der Waals surface area contributed by atoms with Gasteiger partial charge >= 0.3 is 0 Å². The molecule has 1 aromatic carbocycles. The van der Waals surface area contributed by atoms with Gasteiger partial charge in [0.25, 0.3) is 0 Å². The van der Waals surface area contributed by atoms with Crippen LogP contribution >= 0.6 is 0 Å². The Labute approximate surface area is 83.8 Å². The fourth-order valence-corrected chi connectivity index (χ4v) is 1.68. The molecule has 0 aliphatic heterocycles. The second-order valence-corrected chi connectivity index (χ2v) is 3.55. The van der Waals surface area contributed by atoms with Crippen molar-refractivity contribution in [2.24, 2.45) is 5.73 Å². The predicted octanol–water partition coefficient (Wildman–Crippen LogP) is 2.30. The highest BCUT2D eigenvalue weighted by Crippen LogP contribution is 2.23. The summed E-state index contributed by atoms with van der Waals surface area (Å²) in [6.45, 7) is 2.82. The van der Waals surface area contributed by atoms with E-state index >= 15 is 0 Å². The molecule has 2 nitrogen and oxygen atoms in total. The van der Waals surface area contributed by atoms with Gasteiger partial charge in [0.15, 0.2) is 0 Å². The van der Waals surface area contributed by atoms with Crippen molar-refractivity contribution in [3.63, 3.8) is 0 Å². The summed E-state index contributed by atoms with van der Waals surface area (Å²) in [6, 6.07) is 10.3. The lowest BCUT2D eigenvalue weighted by molar-refractivity contribution is 0.780. The van der Waals surface area contributed by atoms with Crippen LogP contribution in [-0.4, -0.2) is 11.5 Å². The minimum absolute atomic E-state index is 0.392.